The van der Waals surface area contributed by atoms with E-state index in [2.05, 4.69) is 53.9 Å². The number of morpholine rings is 1. The maximum absolute atomic E-state index is 12.4. The van der Waals surface area contributed by atoms with Crippen LogP contribution in [0, 0.1) is 12.8 Å². The molecule has 31 heavy (non-hydrogen) atoms. The molecule has 2 aliphatic rings. The standard InChI is InChI=1S/C24H41N3O3S/c1-17-13-22(11-12-23(17)27-15-18(2)30-19(3)16-27)25-14-20-7-9-21(10-8-20)26-31(28,29)24(4,5)6/h11-13,18-21,25-26H,7-10,14-16H2,1-6H3/t18-,19+,20-,21-. The van der Waals surface area contributed by atoms with Crippen molar-refractivity contribution < 1.29 is 13.2 Å². The molecule has 0 unspecified atom stereocenters. The molecule has 0 radical (unpaired) electrons. The molecule has 1 heterocycles. The van der Waals surface area contributed by atoms with E-state index in [1.807, 2.05) is 0 Å². The van der Waals surface area contributed by atoms with E-state index in [9.17, 15) is 8.42 Å². The third-order valence-electron chi connectivity index (χ3n) is 6.53. The van der Waals surface area contributed by atoms with Gasteiger partial charge in [0.15, 0.2) is 0 Å². The molecule has 1 aromatic carbocycles. The van der Waals surface area contributed by atoms with Gasteiger partial charge in [-0.15, -0.1) is 0 Å². The Kier molecular flexibility index (Phi) is 7.59. The lowest BCUT2D eigenvalue weighted by Crippen LogP contribution is -2.46. The summed E-state index contributed by atoms with van der Waals surface area (Å²) in [4.78, 5) is 2.43. The van der Waals surface area contributed by atoms with Crippen LogP contribution in [0.15, 0.2) is 18.2 Å². The number of anilines is 2. The van der Waals surface area contributed by atoms with Crippen LogP contribution < -0.4 is 14.9 Å². The van der Waals surface area contributed by atoms with Crippen molar-refractivity contribution in [1.29, 1.82) is 0 Å². The van der Waals surface area contributed by atoms with Gasteiger partial charge in [0, 0.05) is 37.1 Å². The summed E-state index contributed by atoms with van der Waals surface area (Å²) in [5, 5.41) is 3.61. The first kappa shape index (κ1) is 24.3. The molecule has 0 spiro atoms. The first-order valence-corrected chi connectivity index (χ1v) is 13.2. The Bertz CT molecular complexity index is 832. The van der Waals surface area contributed by atoms with E-state index in [1.165, 1.54) is 11.3 Å². The Morgan fingerprint density at radius 2 is 1.68 bits per heavy atom. The number of benzene rings is 1. The van der Waals surface area contributed by atoms with Gasteiger partial charge in [-0.1, -0.05) is 0 Å². The van der Waals surface area contributed by atoms with Crippen LogP contribution in [0.2, 0.25) is 0 Å². The van der Waals surface area contributed by atoms with Gasteiger partial charge in [-0.25, -0.2) is 13.1 Å². The fourth-order valence-corrected chi connectivity index (χ4v) is 5.67. The van der Waals surface area contributed by atoms with Crippen molar-refractivity contribution >= 4 is 21.4 Å². The summed E-state index contributed by atoms with van der Waals surface area (Å²) in [5.74, 6) is 0.580. The van der Waals surface area contributed by atoms with E-state index in [1.54, 1.807) is 20.8 Å². The maximum atomic E-state index is 12.4. The summed E-state index contributed by atoms with van der Waals surface area (Å²) in [7, 11) is -3.27. The van der Waals surface area contributed by atoms with E-state index >= 15 is 0 Å². The molecule has 1 aliphatic heterocycles. The van der Waals surface area contributed by atoms with Crippen molar-refractivity contribution in [2.24, 2.45) is 5.92 Å². The Hall–Kier alpha value is -1.31. The summed E-state index contributed by atoms with van der Waals surface area (Å²) in [6.07, 6.45) is 4.42. The van der Waals surface area contributed by atoms with Crippen LogP contribution >= 0.6 is 0 Å². The zero-order valence-electron chi connectivity index (χ0n) is 20.1. The van der Waals surface area contributed by atoms with E-state index in [0.717, 1.165) is 51.0 Å². The summed E-state index contributed by atoms with van der Waals surface area (Å²) in [5.41, 5.74) is 3.73. The molecule has 2 fully saturated rings. The van der Waals surface area contributed by atoms with Crippen molar-refractivity contribution in [2.45, 2.75) is 90.2 Å². The second-order valence-corrected chi connectivity index (χ2v) is 13.0. The highest BCUT2D eigenvalue weighted by Gasteiger charge is 2.32. The van der Waals surface area contributed by atoms with Gasteiger partial charge >= 0.3 is 0 Å². The largest absolute Gasteiger partial charge is 0.385 e. The third kappa shape index (κ3) is 6.36. The van der Waals surface area contributed by atoms with Gasteiger partial charge in [-0.3, -0.25) is 0 Å². The number of rotatable bonds is 6. The van der Waals surface area contributed by atoms with E-state index in [0.29, 0.717) is 5.92 Å². The predicted octanol–water partition coefficient (Wildman–Crippen LogP) is 4.30. The normalized spacial score (nSPS) is 27.9. The predicted molar refractivity (Wildman–Crippen MR) is 129 cm³/mol. The number of sulfonamides is 1. The van der Waals surface area contributed by atoms with E-state index in [4.69, 9.17) is 4.74 Å². The van der Waals surface area contributed by atoms with Crippen LogP contribution in [0.3, 0.4) is 0 Å². The molecule has 7 heteroatoms. The van der Waals surface area contributed by atoms with Gasteiger partial charge in [-0.2, -0.15) is 0 Å². The highest BCUT2D eigenvalue weighted by atomic mass is 32.2. The van der Waals surface area contributed by atoms with E-state index < -0.39 is 14.8 Å². The number of aryl methyl sites for hydroxylation is 1. The number of nitrogens with zero attached hydrogens (tertiary/aromatic N) is 1. The molecule has 0 aromatic heterocycles. The van der Waals surface area contributed by atoms with Crippen LogP contribution in [0.5, 0.6) is 0 Å². The minimum absolute atomic E-state index is 0.0697. The first-order chi connectivity index (χ1) is 14.4. The summed E-state index contributed by atoms with van der Waals surface area (Å²) in [6, 6.07) is 6.71. The summed E-state index contributed by atoms with van der Waals surface area (Å²) >= 11 is 0. The lowest BCUT2D eigenvalue weighted by Gasteiger charge is -2.37. The minimum atomic E-state index is -3.27. The van der Waals surface area contributed by atoms with Crippen LogP contribution in [0.4, 0.5) is 11.4 Å². The van der Waals surface area contributed by atoms with E-state index in [-0.39, 0.29) is 18.2 Å². The highest BCUT2D eigenvalue weighted by Crippen LogP contribution is 2.29. The van der Waals surface area contributed by atoms with Crippen LogP contribution in [0.1, 0.15) is 65.9 Å². The molecule has 176 valence electrons. The minimum Gasteiger partial charge on any atom is -0.385 e. The molecule has 0 amide bonds. The summed E-state index contributed by atoms with van der Waals surface area (Å²) in [6.45, 7) is 14.5. The average molecular weight is 452 g/mol. The lowest BCUT2D eigenvalue weighted by atomic mass is 9.86. The van der Waals surface area contributed by atoms with Crippen LogP contribution in [0.25, 0.3) is 0 Å². The van der Waals surface area contributed by atoms with Gasteiger partial charge in [0.25, 0.3) is 0 Å². The highest BCUT2D eigenvalue weighted by molar-refractivity contribution is 7.90. The summed E-state index contributed by atoms with van der Waals surface area (Å²) < 4.78 is 32.8. The number of hydrogen-bond acceptors (Lipinski definition) is 5. The lowest BCUT2D eigenvalue weighted by molar-refractivity contribution is -0.00524. The molecule has 0 bridgehead atoms. The quantitative estimate of drug-likeness (QED) is 0.675. The molecule has 1 saturated heterocycles. The van der Waals surface area contributed by atoms with Gasteiger partial charge in [0.2, 0.25) is 10.0 Å². The van der Waals surface area contributed by atoms with Crippen molar-refractivity contribution in [3.8, 4) is 0 Å². The van der Waals surface area contributed by atoms with Gasteiger partial charge in [-0.05, 0) is 96.9 Å². The Morgan fingerprint density at radius 3 is 2.23 bits per heavy atom. The SMILES string of the molecule is Cc1cc(NC[C@H]2CC[C@H](NS(=O)(=O)C(C)(C)C)CC2)ccc1N1C[C@@H](C)O[C@@H](C)C1. The molecule has 1 aromatic rings. The van der Waals surface area contributed by atoms with Crippen LogP contribution in [-0.4, -0.2) is 51.0 Å². The Labute approximate surface area is 189 Å². The smallest absolute Gasteiger partial charge is 0.216 e. The van der Waals surface area contributed by atoms with Gasteiger partial charge in [0.1, 0.15) is 0 Å². The van der Waals surface area contributed by atoms with Gasteiger partial charge in [0.05, 0.1) is 17.0 Å². The monoisotopic (exact) mass is 451 g/mol. The molecule has 2 N–H and O–H groups in total. The molecule has 1 saturated carbocycles. The van der Waals surface area contributed by atoms with Crippen molar-refractivity contribution in [3.05, 3.63) is 23.8 Å². The number of ether oxygens (including phenoxy) is 1. The molecular weight excluding hydrogens is 410 g/mol. The fraction of sp³-hybridized carbons (Fsp3) is 0.750. The van der Waals surface area contributed by atoms with Crippen LogP contribution in [-0.2, 0) is 14.8 Å². The number of hydrogen-bond donors (Lipinski definition) is 2. The molecule has 1 aliphatic carbocycles. The topological polar surface area (TPSA) is 70.7 Å². The maximum Gasteiger partial charge on any atom is 0.216 e. The first-order valence-electron chi connectivity index (χ1n) is 11.7. The van der Waals surface area contributed by atoms with Crippen molar-refractivity contribution in [3.63, 3.8) is 0 Å². The fourth-order valence-electron chi connectivity index (χ4n) is 4.64. The average Bonchev–Trinajstić information content (AvgIpc) is 2.65. The molecule has 2 atom stereocenters. The Morgan fingerprint density at radius 1 is 1.06 bits per heavy atom. The molecule has 3 rings (SSSR count). The second-order valence-electron chi connectivity index (χ2n) is 10.5. The third-order valence-corrected chi connectivity index (χ3v) is 8.78. The van der Waals surface area contributed by atoms with Crippen molar-refractivity contribution in [2.75, 3.05) is 29.9 Å². The van der Waals surface area contributed by atoms with Crippen molar-refractivity contribution in [1.82, 2.24) is 4.72 Å². The zero-order valence-corrected chi connectivity index (χ0v) is 20.9. The zero-order chi connectivity index (χ0) is 22.8. The van der Waals surface area contributed by atoms with Gasteiger partial charge < -0.3 is 15.0 Å². The number of nitrogens with one attached hydrogen (secondary N) is 2. The Balaban J connectivity index is 1.49. The second kappa shape index (κ2) is 9.67. The molecular formula is C24H41N3O3S. The molecule has 6 nitrogen and oxygen atoms in total.